The van der Waals surface area contributed by atoms with Crippen LogP contribution in [0.1, 0.15) is 30.0 Å². The standard InChI is InChI=1S/C18H21F3N4O/c19-18(20,21)15-3-1-2-12(4-15)7-24-8-13-5-16(25-11-22-10-23-25)17(26)6-14(13)9-24/h1-4,10-11,13-14,16-17,26H,5-9H2/t13-,14+,16-,17-/m1/s1. The van der Waals surface area contributed by atoms with Crippen LogP contribution >= 0.6 is 0 Å². The molecule has 2 aliphatic rings. The van der Waals surface area contributed by atoms with Crippen LogP contribution in [0.2, 0.25) is 0 Å². The fraction of sp³-hybridized carbons (Fsp3) is 0.556. The van der Waals surface area contributed by atoms with Crippen LogP contribution in [0.3, 0.4) is 0 Å². The molecule has 2 aromatic rings. The number of nitrogens with zero attached hydrogens (tertiary/aromatic N) is 4. The van der Waals surface area contributed by atoms with Crippen molar-refractivity contribution in [1.82, 2.24) is 19.7 Å². The molecule has 1 N–H and O–H groups in total. The maximum Gasteiger partial charge on any atom is 0.416 e. The number of halogens is 3. The molecule has 0 bridgehead atoms. The SMILES string of the molecule is O[C@@H]1C[C@H]2CN(Cc3cccc(C(F)(F)F)c3)C[C@H]2C[C@H]1n1cncn1. The second-order valence-corrected chi connectivity index (χ2v) is 7.39. The maximum absolute atomic E-state index is 12.9. The van der Waals surface area contributed by atoms with Crippen molar-refractivity contribution in [3.05, 3.63) is 48.0 Å². The molecule has 2 heterocycles. The van der Waals surface area contributed by atoms with Crippen molar-refractivity contribution in [2.24, 2.45) is 11.8 Å². The molecule has 1 saturated heterocycles. The van der Waals surface area contributed by atoms with Gasteiger partial charge in [0.05, 0.1) is 17.7 Å². The molecule has 0 amide bonds. The number of aliphatic hydroxyl groups excluding tert-OH is 1. The number of benzene rings is 1. The molecular weight excluding hydrogens is 345 g/mol. The molecule has 8 heteroatoms. The van der Waals surface area contributed by atoms with Crippen LogP contribution in [0.15, 0.2) is 36.9 Å². The third kappa shape index (κ3) is 3.48. The minimum Gasteiger partial charge on any atom is -0.391 e. The molecule has 0 radical (unpaired) electrons. The molecule has 26 heavy (non-hydrogen) atoms. The number of aromatic nitrogens is 3. The number of rotatable bonds is 3. The third-order valence-electron chi connectivity index (χ3n) is 5.62. The van der Waals surface area contributed by atoms with Crippen molar-refractivity contribution >= 4 is 0 Å². The van der Waals surface area contributed by atoms with Gasteiger partial charge in [0.25, 0.3) is 0 Å². The topological polar surface area (TPSA) is 54.2 Å². The second kappa shape index (κ2) is 6.66. The van der Waals surface area contributed by atoms with Gasteiger partial charge in [-0.25, -0.2) is 9.67 Å². The first-order valence-corrected chi connectivity index (χ1v) is 8.81. The lowest BCUT2D eigenvalue weighted by Gasteiger charge is -2.35. The van der Waals surface area contributed by atoms with E-state index in [1.807, 2.05) is 0 Å². The average molecular weight is 366 g/mol. The van der Waals surface area contributed by atoms with Crippen LogP contribution < -0.4 is 0 Å². The van der Waals surface area contributed by atoms with Gasteiger partial charge in [-0.15, -0.1) is 0 Å². The minimum atomic E-state index is -4.32. The predicted octanol–water partition coefficient (Wildman–Crippen LogP) is 2.74. The second-order valence-electron chi connectivity index (χ2n) is 7.39. The zero-order chi connectivity index (χ0) is 18.3. The molecule has 1 aliphatic heterocycles. The number of aliphatic hydroxyl groups is 1. The number of fused-ring (bicyclic) bond motifs is 1. The van der Waals surface area contributed by atoms with E-state index < -0.39 is 17.8 Å². The van der Waals surface area contributed by atoms with Gasteiger partial charge in [0.1, 0.15) is 12.7 Å². The van der Waals surface area contributed by atoms with Crippen LogP contribution in [-0.4, -0.2) is 44.0 Å². The number of hydrogen-bond acceptors (Lipinski definition) is 4. The summed E-state index contributed by atoms with van der Waals surface area (Å²) >= 11 is 0. The Bertz CT molecular complexity index is 749. The summed E-state index contributed by atoms with van der Waals surface area (Å²) in [6, 6.07) is 5.46. The van der Waals surface area contributed by atoms with E-state index in [1.165, 1.54) is 18.5 Å². The molecule has 0 spiro atoms. The van der Waals surface area contributed by atoms with E-state index in [1.54, 1.807) is 17.1 Å². The summed E-state index contributed by atoms with van der Waals surface area (Å²) in [5.41, 5.74) is 0.0696. The first-order valence-electron chi connectivity index (χ1n) is 8.81. The summed E-state index contributed by atoms with van der Waals surface area (Å²) < 4.78 is 40.4. The van der Waals surface area contributed by atoms with Gasteiger partial charge in [-0.05, 0) is 36.3 Å². The summed E-state index contributed by atoms with van der Waals surface area (Å²) in [6.45, 7) is 2.14. The summed E-state index contributed by atoms with van der Waals surface area (Å²) in [4.78, 5) is 6.15. The Labute approximate surface area is 149 Å². The fourth-order valence-electron chi connectivity index (χ4n) is 4.41. The van der Waals surface area contributed by atoms with Gasteiger partial charge in [0, 0.05) is 19.6 Å². The minimum absolute atomic E-state index is 0.0766. The molecule has 140 valence electrons. The van der Waals surface area contributed by atoms with E-state index in [9.17, 15) is 18.3 Å². The van der Waals surface area contributed by atoms with Crippen LogP contribution in [-0.2, 0) is 12.7 Å². The smallest absolute Gasteiger partial charge is 0.391 e. The Balaban J connectivity index is 1.43. The van der Waals surface area contributed by atoms with Crippen LogP contribution in [0, 0.1) is 11.8 Å². The third-order valence-corrected chi connectivity index (χ3v) is 5.62. The summed E-state index contributed by atoms with van der Waals surface area (Å²) in [7, 11) is 0. The lowest BCUT2D eigenvalue weighted by molar-refractivity contribution is -0.137. The molecule has 1 aromatic carbocycles. The lowest BCUT2D eigenvalue weighted by Crippen LogP contribution is -2.36. The lowest BCUT2D eigenvalue weighted by atomic mass is 9.77. The molecule has 1 aliphatic carbocycles. The number of alkyl halides is 3. The fourth-order valence-corrected chi connectivity index (χ4v) is 4.41. The molecule has 0 unspecified atom stereocenters. The van der Waals surface area contributed by atoms with E-state index in [2.05, 4.69) is 15.0 Å². The van der Waals surface area contributed by atoms with E-state index in [4.69, 9.17) is 0 Å². The highest BCUT2D eigenvalue weighted by molar-refractivity contribution is 5.25. The summed E-state index contributed by atoms with van der Waals surface area (Å²) in [6.07, 6.45) is -0.185. The molecule has 4 rings (SSSR count). The zero-order valence-corrected chi connectivity index (χ0v) is 14.2. The first kappa shape index (κ1) is 17.5. The Hall–Kier alpha value is -1.93. The van der Waals surface area contributed by atoms with Crippen molar-refractivity contribution < 1.29 is 18.3 Å². The molecule has 1 aromatic heterocycles. The molecule has 2 fully saturated rings. The highest BCUT2D eigenvalue weighted by atomic mass is 19.4. The van der Waals surface area contributed by atoms with Gasteiger partial charge in [0.2, 0.25) is 0 Å². The van der Waals surface area contributed by atoms with E-state index in [0.717, 1.165) is 25.6 Å². The zero-order valence-electron chi connectivity index (χ0n) is 14.2. The highest BCUT2D eigenvalue weighted by Gasteiger charge is 2.42. The Kier molecular flexibility index (Phi) is 4.48. The Morgan fingerprint density at radius 2 is 1.92 bits per heavy atom. The monoisotopic (exact) mass is 366 g/mol. The highest BCUT2D eigenvalue weighted by Crippen LogP contribution is 2.41. The average Bonchev–Trinajstić information content (AvgIpc) is 3.22. The van der Waals surface area contributed by atoms with E-state index >= 15 is 0 Å². The van der Waals surface area contributed by atoms with Crippen LogP contribution in [0.5, 0.6) is 0 Å². The molecule has 5 nitrogen and oxygen atoms in total. The van der Waals surface area contributed by atoms with E-state index in [-0.39, 0.29) is 6.04 Å². The molecule has 4 atom stereocenters. The predicted molar refractivity (Wildman–Crippen MR) is 88.0 cm³/mol. The summed E-state index contributed by atoms with van der Waals surface area (Å²) in [5, 5.41) is 14.6. The quantitative estimate of drug-likeness (QED) is 0.908. The number of hydrogen-bond donors (Lipinski definition) is 1. The van der Waals surface area contributed by atoms with Crippen LogP contribution in [0.25, 0.3) is 0 Å². The van der Waals surface area contributed by atoms with Gasteiger partial charge in [-0.1, -0.05) is 18.2 Å². The molecule has 1 saturated carbocycles. The summed E-state index contributed by atoms with van der Waals surface area (Å²) in [5.74, 6) is 0.786. The van der Waals surface area contributed by atoms with Gasteiger partial charge >= 0.3 is 6.18 Å². The molecular formula is C18H21F3N4O. The van der Waals surface area contributed by atoms with Gasteiger partial charge in [-0.3, -0.25) is 4.90 Å². The van der Waals surface area contributed by atoms with Gasteiger partial charge in [-0.2, -0.15) is 18.3 Å². The largest absolute Gasteiger partial charge is 0.416 e. The Morgan fingerprint density at radius 3 is 2.62 bits per heavy atom. The van der Waals surface area contributed by atoms with Gasteiger partial charge < -0.3 is 5.11 Å². The van der Waals surface area contributed by atoms with Crippen molar-refractivity contribution in [2.45, 2.75) is 37.7 Å². The van der Waals surface area contributed by atoms with Gasteiger partial charge in [0.15, 0.2) is 0 Å². The van der Waals surface area contributed by atoms with Crippen molar-refractivity contribution in [3.8, 4) is 0 Å². The normalized spacial score (nSPS) is 29.7. The van der Waals surface area contributed by atoms with Crippen molar-refractivity contribution in [1.29, 1.82) is 0 Å². The Morgan fingerprint density at radius 1 is 1.15 bits per heavy atom. The van der Waals surface area contributed by atoms with Crippen molar-refractivity contribution in [3.63, 3.8) is 0 Å². The number of likely N-dealkylation sites (tertiary alicyclic amines) is 1. The first-order chi connectivity index (χ1) is 12.4. The van der Waals surface area contributed by atoms with E-state index in [0.29, 0.717) is 30.4 Å². The van der Waals surface area contributed by atoms with Crippen LogP contribution in [0.4, 0.5) is 13.2 Å². The van der Waals surface area contributed by atoms with Crippen molar-refractivity contribution in [2.75, 3.05) is 13.1 Å². The maximum atomic E-state index is 12.9.